The predicted molar refractivity (Wildman–Crippen MR) is 82.0 cm³/mol. The summed E-state index contributed by atoms with van der Waals surface area (Å²) in [7, 11) is 0. The van der Waals surface area contributed by atoms with Gasteiger partial charge in [0.15, 0.2) is 0 Å². The van der Waals surface area contributed by atoms with Crippen molar-refractivity contribution in [2.24, 2.45) is 11.3 Å². The Balaban J connectivity index is 2.06. The standard InChI is InChI=1S/C17H29NO3/c1-13(2)18(12-14-7-8-14)15(19)11-17(16(20)21)9-5-3-4-6-10-17/h13-14H,3-12H2,1-2H3,(H,20,21). The molecular formula is C17H29NO3. The zero-order chi connectivity index (χ0) is 15.5. The monoisotopic (exact) mass is 295 g/mol. The van der Waals surface area contributed by atoms with Gasteiger partial charge in [0.2, 0.25) is 5.91 Å². The van der Waals surface area contributed by atoms with Crippen LogP contribution in [0.25, 0.3) is 0 Å². The van der Waals surface area contributed by atoms with Crippen LogP contribution in [0.2, 0.25) is 0 Å². The van der Waals surface area contributed by atoms with Crippen LogP contribution in [0.15, 0.2) is 0 Å². The minimum Gasteiger partial charge on any atom is -0.481 e. The summed E-state index contributed by atoms with van der Waals surface area (Å²) in [4.78, 5) is 26.4. The molecule has 0 unspecified atom stereocenters. The molecule has 1 amide bonds. The van der Waals surface area contributed by atoms with Crippen LogP contribution in [-0.4, -0.2) is 34.5 Å². The van der Waals surface area contributed by atoms with Gasteiger partial charge in [-0.1, -0.05) is 25.7 Å². The molecule has 0 heterocycles. The Labute approximate surface area is 127 Å². The summed E-state index contributed by atoms with van der Waals surface area (Å²) in [6, 6.07) is 0.162. The van der Waals surface area contributed by atoms with Crippen LogP contribution in [-0.2, 0) is 9.59 Å². The van der Waals surface area contributed by atoms with E-state index in [1.807, 2.05) is 18.7 Å². The number of carboxylic acids is 1. The fourth-order valence-electron chi connectivity index (χ4n) is 3.44. The first-order valence-electron chi connectivity index (χ1n) is 8.47. The van der Waals surface area contributed by atoms with Crippen molar-refractivity contribution in [3.63, 3.8) is 0 Å². The summed E-state index contributed by atoms with van der Waals surface area (Å²) in [6.07, 6.45) is 7.98. The van der Waals surface area contributed by atoms with E-state index in [9.17, 15) is 14.7 Å². The van der Waals surface area contributed by atoms with Crippen molar-refractivity contribution in [1.29, 1.82) is 0 Å². The molecule has 0 aromatic heterocycles. The average Bonchev–Trinajstić information content (AvgIpc) is 3.23. The first-order valence-corrected chi connectivity index (χ1v) is 8.47. The number of carbonyl (C=O) groups is 2. The summed E-state index contributed by atoms with van der Waals surface area (Å²) in [5.41, 5.74) is -0.815. The minimum absolute atomic E-state index is 0.0428. The van der Waals surface area contributed by atoms with E-state index in [0.717, 1.165) is 32.2 Å². The molecule has 0 aromatic rings. The maximum atomic E-state index is 12.7. The summed E-state index contributed by atoms with van der Waals surface area (Å²) in [5, 5.41) is 9.71. The lowest BCUT2D eigenvalue weighted by Gasteiger charge is -2.33. The van der Waals surface area contributed by atoms with Gasteiger partial charge in [0.25, 0.3) is 0 Å². The lowest BCUT2D eigenvalue weighted by Crippen LogP contribution is -2.43. The van der Waals surface area contributed by atoms with Gasteiger partial charge >= 0.3 is 5.97 Å². The van der Waals surface area contributed by atoms with Crippen molar-refractivity contribution < 1.29 is 14.7 Å². The third kappa shape index (κ3) is 4.21. The van der Waals surface area contributed by atoms with Gasteiger partial charge in [-0.2, -0.15) is 0 Å². The molecule has 0 bridgehead atoms. The highest BCUT2D eigenvalue weighted by atomic mass is 16.4. The number of amides is 1. The molecule has 0 radical (unpaired) electrons. The molecule has 2 aliphatic rings. The number of carboxylic acid groups (broad SMARTS) is 1. The van der Waals surface area contributed by atoms with E-state index in [1.165, 1.54) is 12.8 Å². The van der Waals surface area contributed by atoms with E-state index in [2.05, 4.69) is 0 Å². The molecule has 2 aliphatic carbocycles. The molecule has 2 fully saturated rings. The lowest BCUT2D eigenvalue weighted by molar-refractivity contribution is -0.155. The maximum Gasteiger partial charge on any atom is 0.310 e. The predicted octanol–water partition coefficient (Wildman–Crippen LogP) is 3.45. The van der Waals surface area contributed by atoms with E-state index in [-0.39, 0.29) is 18.4 Å². The van der Waals surface area contributed by atoms with Crippen LogP contribution in [0, 0.1) is 11.3 Å². The van der Waals surface area contributed by atoms with Crippen molar-refractivity contribution in [3.05, 3.63) is 0 Å². The fraction of sp³-hybridized carbons (Fsp3) is 0.882. The number of aliphatic carboxylic acids is 1. The topological polar surface area (TPSA) is 57.6 Å². The first-order chi connectivity index (χ1) is 9.94. The third-order valence-electron chi connectivity index (χ3n) is 5.10. The molecule has 2 rings (SSSR count). The molecule has 0 saturated heterocycles. The summed E-state index contributed by atoms with van der Waals surface area (Å²) in [6.45, 7) is 4.87. The Bertz CT molecular complexity index is 379. The zero-order valence-corrected chi connectivity index (χ0v) is 13.4. The number of hydrogen-bond donors (Lipinski definition) is 1. The third-order valence-corrected chi connectivity index (χ3v) is 5.10. The first kappa shape index (κ1) is 16.3. The van der Waals surface area contributed by atoms with E-state index >= 15 is 0 Å². The van der Waals surface area contributed by atoms with Crippen molar-refractivity contribution in [3.8, 4) is 0 Å². The highest BCUT2D eigenvalue weighted by molar-refractivity contribution is 5.85. The van der Waals surface area contributed by atoms with Gasteiger partial charge in [-0.05, 0) is 45.4 Å². The molecule has 1 N–H and O–H groups in total. The van der Waals surface area contributed by atoms with Crippen LogP contribution < -0.4 is 0 Å². The molecular weight excluding hydrogens is 266 g/mol. The van der Waals surface area contributed by atoms with E-state index in [4.69, 9.17) is 0 Å². The van der Waals surface area contributed by atoms with Gasteiger partial charge in [0.1, 0.15) is 0 Å². The van der Waals surface area contributed by atoms with E-state index in [0.29, 0.717) is 18.8 Å². The molecule has 4 nitrogen and oxygen atoms in total. The molecule has 0 spiro atoms. The van der Waals surface area contributed by atoms with Crippen LogP contribution in [0.4, 0.5) is 0 Å². The van der Waals surface area contributed by atoms with Gasteiger partial charge in [0, 0.05) is 19.0 Å². The molecule has 21 heavy (non-hydrogen) atoms. The average molecular weight is 295 g/mol. The quantitative estimate of drug-likeness (QED) is 0.764. The second-order valence-electron chi connectivity index (χ2n) is 7.26. The summed E-state index contributed by atoms with van der Waals surface area (Å²) in [5.74, 6) is -0.0830. The van der Waals surface area contributed by atoms with Crippen LogP contribution in [0.3, 0.4) is 0 Å². The van der Waals surface area contributed by atoms with Crippen LogP contribution in [0.5, 0.6) is 0 Å². The SMILES string of the molecule is CC(C)N(CC1CC1)C(=O)CC1(C(=O)O)CCCCCC1. The van der Waals surface area contributed by atoms with Crippen molar-refractivity contribution >= 4 is 11.9 Å². The second kappa shape index (κ2) is 6.80. The molecule has 0 atom stereocenters. The molecule has 0 aliphatic heterocycles. The van der Waals surface area contributed by atoms with Crippen LogP contribution >= 0.6 is 0 Å². The number of nitrogens with zero attached hydrogens (tertiary/aromatic N) is 1. The zero-order valence-electron chi connectivity index (χ0n) is 13.4. The Kier molecular flexibility index (Phi) is 5.28. The molecule has 2 saturated carbocycles. The highest BCUT2D eigenvalue weighted by Crippen LogP contribution is 2.39. The van der Waals surface area contributed by atoms with Gasteiger partial charge < -0.3 is 10.0 Å². The number of carbonyl (C=O) groups excluding carboxylic acids is 1. The Morgan fingerprint density at radius 3 is 2.14 bits per heavy atom. The minimum atomic E-state index is -0.815. The Morgan fingerprint density at radius 1 is 1.14 bits per heavy atom. The lowest BCUT2D eigenvalue weighted by atomic mass is 9.77. The Morgan fingerprint density at radius 2 is 1.71 bits per heavy atom. The van der Waals surface area contributed by atoms with Crippen molar-refractivity contribution in [1.82, 2.24) is 4.90 Å². The number of hydrogen-bond acceptors (Lipinski definition) is 2. The summed E-state index contributed by atoms with van der Waals surface area (Å²) < 4.78 is 0. The van der Waals surface area contributed by atoms with Gasteiger partial charge in [-0.15, -0.1) is 0 Å². The smallest absolute Gasteiger partial charge is 0.310 e. The number of rotatable bonds is 6. The van der Waals surface area contributed by atoms with Gasteiger partial charge in [0.05, 0.1) is 5.41 Å². The summed E-state index contributed by atoms with van der Waals surface area (Å²) >= 11 is 0. The van der Waals surface area contributed by atoms with E-state index < -0.39 is 11.4 Å². The van der Waals surface area contributed by atoms with Crippen molar-refractivity contribution in [2.45, 2.75) is 77.7 Å². The Hall–Kier alpha value is -1.06. The molecule has 120 valence electrons. The second-order valence-corrected chi connectivity index (χ2v) is 7.26. The largest absolute Gasteiger partial charge is 0.481 e. The van der Waals surface area contributed by atoms with Crippen molar-refractivity contribution in [2.75, 3.05) is 6.54 Å². The van der Waals surface area contributed by atoms with E-state index in [1.54, 1.807) is 0 Å². The van der Waals surface area contributed by atoms with Gasteiger partial charge in [-0.3, -0.25) is 9.59 Å². The normalized spacial score (nSPS) is 21.9. The highest BCUT2D eigenvalue weighted by Gasteiger charge is 2.42. The fourth-order valence-corrected chi connectivity index (χ4v) is 3.44. The van der Waals surface area contributed by atoms with Crippen LogP contribution in [0.1, 0.15) is 71.6 Å². The maximum absolute atomic E-state index is 12.7. The van der Waals surface area contributed by atoms with Gasteiger partial charge in [-0.25, -0.2) is 0 Å². The molecule has 4 heteroatoms. The molecule has 0 aromatic carbocycles.